The Labute approximate surface area is 126 Å². The van der Waals surface area contributed by atoms with Crippen LogP contribution in [-0.4, -0.2) is 47.3 Å². The maximum atomic E-state index is 12.9. The van der Waals surface area contributed by atoms with Gasteiger partial charge in [0.15, 0.2) is 0 Å². The quantitative estimate of drug-likeness (QED) is 0.838. The largest absolute Gasteiger partial charge is 0.481 e. The summed E-state index contributed by atoms with van der Waals surface area (Å²) in [5.41, 5.74) is 0. The van der Waals surface area contributed by atoms with Crippen molar-refractivity contribution in [2.24, 2.45) is 17.8 Å². The standard InChI is InChI=1S/C14H21F3N2O3/c1-8(9-4-2-3-5-9)18-13(22)19-6-10(12(20)21)11(7-19)14(15,16)17/h8-11H,2-7H2,1H3,(H,18,22)(H,20,21)/t8-,10-,11-/m1/s1. The number of hydrogen-bond donors (Lipinski definition) is 2. The molecule has 1 saturated carbocycles. The summed E-state index contributed by atoms with van der Waals surface area (Å²) in [6, 6.07) is -0.708. The molecule has 1 aliphatic carbocycles. The molecule has 5 nitrogen and oxygen atoms in total. The fraction of sp³-hybridized carbons (Fsp3) is 0.857. The number of carboxylic acids is 1. The Morgan fingerprint density at radius 2 is 1.82 bits per heavy atom. The summed E-state index contributed by atoms with van der Waals surface area (Å²) in [5.74, 6) is -4.76. The molecule has 2 aliphatic rings. The third-order valence-electron chi connectivity index (χ3n) is 4.80. The summed E-state index contributed by atoms with van der Waals surface area (Å²) in [7, 11) is 0. The lowest BCUT2D eigenvalue weighted by atomic mass is 9.96. The molecule has 0 radical (unpaired) electrons. The highest BCUT2D eigenvalue weighted by atomic mass is 19.4. The first-order chi connectivity index (χ1) is 10.2. The first kappa shape index (κ1) is 16.9. The summed E-state index contributed by atoms with van der Waals surface area (Å²) in [4.78, 5) is 24.1. The van der Waals surface area contributed by atoms with E-state index in [1.54, 1.807) is 0 Å². The topological polar surface area (TPSA) is 69.6 Å². The second kappa shape index (κ2) is 6.34. The number of carbonyl (C=O) groups excluding carboxylic acids is 1. The van der Waals surface area contributed by atoms with Crippen molar-refractivity contribution in [1.82, 2.24) is 10.2 Å². The number of halogens is 3. The average molecular weight is 322 g/mol. The minimum absolute atomic E-state index is 0.108. The fourth-order valence-corrected chi connectivity index (χ4v) is 3.41. The highest BCUT2D eigenvalue weighted by Crippen LogP contribution is 2.37. The van der Waals surface area contributed by atoms with E-state index >= 15 is 0 Å². The number of alkyl halides is 3. The van der Waals surface area contributed by atoms with Crippen molar-refractivity contribution < 1.29 is 27.9 Å². The van der Waals surface area contributed by atoms with Crippen LogP contribution in [0.4, 0.5) is 18.0 Å². The summed E-state index contributed by atoms with van der Waals surface area (Å²) < 4.78 is 38.7. The molecule has 2 fully saturated rings. The van der Waals surface area contributed by atoms with Crippen LogP contribution in [0, 0.1) is 17.8 Å². The zero-order valence-corrected chi connectivity index (χ0v) is 12.4. The van der Waals surface area contributed by atoms with E-state index in [0.717, 1.165) is 30.6 Å². The van der Waals surface area contributed by atoms with Gasteiger partial charge < -0.3 is 15.3 Å². The second-order valence-corrected chi connectivity index (χ2v) is 6.28. The summed E-state index contributed by atoms with van der Waals surface area (Å²) in [6.45, 7) is 0.853. The fourth-order valence-electron chi connectivity index (χ4n) is 3.41. The van der Waals surface area contributed by atoms with Gasteiger partial charge in [0.05, 0.1) is 11.8 Å². The van der Waals surface area contributed by atoms with Gasteiger partial charge in [0.25, 0.3) is 0 Å². The number of amides is 2. The van der Waals surface area contributed by atoms with Gasteiger partial charge in [-0.3, -0.25) is 4.79 Å². The van der Waals surface area contributed by atoms with Crippen molar-refractivity contribution >= 4 is 12.0 Å². The van der Waals surface area contributed by atoms with Crippen LogP contribution in [0.25, 0.3) is 0 Å². The lowest BCUT2D eigenvalue weighted by Crippen LogP contribution is -2.45. The van der Waals surface area contributed by atoms with E-state index in [2.05, 4.69) is 5.32 Å². The molecule has 0 bridgehead atoms. The van der Waals surface area contributed by atoms with E-state index in [0.29, 0.717) is 5.92 Å². The maximum Gasteiger partial charge on any atom is 0.394 e. The second-order valence-electron chi connectivity index (χ2n) is 6.28. The van der Waals surface area contributed by atoms with Gasteiger partial charge in [-0.1, -0.05) is 12.8 Å². The van der Waals surface area contributed by atoms with E-state index in [9.17, 15) is 22.8 Å². The van der Waals surface area contributed by atoms with Gasteiger partial charge in [-0.15, -0.1) is 0 Å². The van der Waals surface area contributed by atoms with Crippen LogP contribution in [-0.2, 0) is 4.79 Å². The summed E-state index contributed by atoms with van der Waals surface area (Å²) in [6.07, 6.45) is -0.401. The molecule has 1 aliphatic heterocycles. The molecule has 2 N–H and O–H groups in total. The first-order valence-corrected chi connectivity index (χ1v) is 7.55. The van der Waals surface area contributed by atoms with Gasteiger partial charge in [0.2, 0.25) is 0 Å². The Morgan fingerprint density at radius 1 is 1.23 bits per heavy atom. The zero-order chi connectivity index (χ0) is 16.5. The summed E-state index contributed by atoms with van der Waals surface area (Å²) in [5, 5.41) is 11.7. The molecule has 2 amide bonds. The Kier molecular flexibility index (Phi) is 4.87. The van der Waals surface area contributed by atoms with E-state index < -0.39 is 43.1 Å². The van der Waals surface area contributed by atoms with Crippen LogP contribution in [0.3, 0.4) is 0 Å². The van der Waals surface area contributed by atoms with E-state index in [4.69, 9.17) is 5.11 Å². The number of nitrogens with zero attached hydrogens (tertiary/aromatic N) is 1. The lowest BCUT2D eigenvalue weighted by Gasteiger charge is -2.24. The molecule has 1 heterocycles. The van der Waals surface area contributed by atoms with Crippen molar-refractivity contribution in [3.05, 3.63) is 0 Å². The third kappa shape index (κ3) is 3.64. The zero-order valence-electron chi connectivity index (χ0n) is 12.4. The molecular weight excluding hydrogens is 301 g/mol. The Balaban J connectivity index is 1.97. The van der Waals surface area contributed by atoms with Crippen molar-refractivity contribution in [3.8, 4) is 0 Å². The van der Waals surface area contributed by atoms with Crippen molar-refractivity contribution in [2.75, 3.05) is 13.1 Å². The molecule has 0 aromatic carbocycles. The van der Waals surface area contributed by atoms with Crippen LogP contribution < -0.4 is 5.32 Å². The first-order valence-electron chi connectivity index (χ1n) is 7.55. The van der Waals surface area contributed by atoms with Crippen LogP contribution in [0.2, 0.25) is 0 Å². The van der Waals surface area contributed by atoms with E-state index in [-0.39, 0.29) is 6.04 Å². The number of hydrogen-bond acceptors (Lipinski definition) is 2. The normalized spacial score (nSPS) is 27.9. The van der Waals surface area contributed by atoms with Gasteiger partial charge >= 0.3 is 18.2 Å². The van der Waals surface area contributed by atoms with Crippen LogP contribution in [0.5, 0.6) is 0 Å². The monoisotopic (exact) mass is 322 g/mol. The molecule has 0 aromatic rings. The Hall–Kier alpha value is -1.47. The number of carbonyl (C=O) groups is 2. The molecule has 1 saturated heterocycles. The van der Waals surface area contributed by atoms with Crippen LogP contribution in [0.15, 0.2) is 0 Å². The van der Waals surface area contributed by atoms with Gasteiger partial charge in [0.1, 0.15) is 0 Å². The van der Waals surface area contributed by atoms with Gasteiger partial charge in [-0.2, -0.15) is 13.2 Å². The number of urea groups is 1. The van der Waals surface area contributed by atoms with Gasteiger partial charge in [-0.25, -0.2) is 4.79 Å². The number of carboxylic acid groups (broad SMARTS) is 1. The van der Waals surface area contributed by atoms with Crippen LogP contribution >= 0.6 is 0 Å². The maximum absolute atomic E-state index is 12.9. The average Bonchev–Trinajstić information content (AvgIpc) is 3.07. The molecule has 2 rings (SSSR count). The Morgan fingerprint density at radius 3 is 2.27 bits per heavy atom. The number of aliphatic carboxylic acids is 1. The number of rotatable bonds is 3. The molecule has 126 valence electrons. The predicted molar refractivity (Wildman–Crippen MR) is 72.2 cm³/mol. The van der Waals surface area contributed by atoms with Crippen LogP contribution in [0.1, 0.15) is 32.6 Å². The van der Waals surface area contributed by atoms with E-state index in [1.165, 1.54) is 0 Å². The molecular formula is C14H21F3N2O3. The molecule has 0 unspecified atom stereocenters. The minimum atomic E-state index is -4.62. The molecule has 8 heteroatoms. The van der Waals surface area contributed by atoms with Crippen molar-refractivity contribution in [1.29, 1.82) is 0 Å². The van der Waals surface area contributed by atoms with Crippen molar-refractivity contribution in [3.63, 3.8) is 0 Å². The lowest BCUT2D eigenvalue weighted by molar-refractivity contribution is -0.187. The van der Waals surface area contributed by atoms with Gasteiger partial charge in [-0.05, 0) is 25.7 Å². The molecule has 22 heavy (non-hydrogen) atoms. The highest BCUT2D eigenvalue weighted by Gasteiger charge is 2.53. The third-order valence-corrected chi connectivity index (χ3v) is 4.80. The van der Waals surface area contributed by atoms with Gasteiger partial charge in [0, 0.05) is 19.1 Å². The SMILES string of the molecule is C[C@@H](NC(=O)N1C[C@@H](C(F)(F)F)[C@H](C(=O)O)C1)C1CCCC1. The molecule has 3 atom stereocenters. The summed E-state index contributed by atoms with van der Waals surface area (Å²) >= 11 is 0. The number of likely N-dealkylation sites (tertiary alicyclic amines) is 1. The van der Waals surface area contributed by atoms with E-state index in [1.807, 2.05) is 6.92 Å². The Bertz CT molecular complexity index is 436. The molecule has 0 aromatic heterocycles. The highest BCUT2D eigenvalue weighted by molar-refractivity contribution is 5.78. The van der Waals surface area contributed by atoms with Crippen molar-refractivity contribution in [2.45, 2.75) is 44.8 Å². The predicted octanol–water partition coefficient (Wildman–Crippen LogP) is 2.47. The smallest absolute Gasteiger partial charge is 0.394 e. The molecule has 0 spiro atoms. The number of nitrogens with one attached hydrogen (secondary N) is 1. The minimum Gasteiger partial charge on any atom is -0.481 e.